The van der Waals surface area contributed by atoms with E-state index in [0.29, 0.717) is 11.1 Å². The molecule has 2 rings (SSSR count). The number of phosphoric acid groups is 3. The van der Waals surface area contributed by atoms with E-state index in [2.05, 4.69) is 28.2 Å². The van der Waals surface area contributed by atoms with E-state index in [0.717, 1.165) is 0 Å². The Hall–Kier alpha value is -1.74. The Morgan fingerprint density at radius 1 is 1.06 bits per heavy atom. The van der Waals surface area contributed by atoms with Crippen LogP contribution in [-0.4, -0.2) is 59.6 Å². The van der Waals surface area contributed by atoms with Gasteiger partial charge in [-0.1, -0.05) is 0 Å². The minimum Gasteiger partial charge on any atom is -0.480 e. The van der Waals surface area contributed by atoms with Crippen LogP contribution in [0.2, 0.25) is 0 Å². The van der Waals surface area contributed by atoms with Gasteiger partial charge in [0.05, 0.1) is 32.1 Å². The van der Waals surface area contributed by atoms with Crippen molar-refractivity contribution in [3.8, 4) is 17.0 Å². The summed E-state index contributed by atoms with van der Waals surface area (Å²) in [6.45, 7) is -0.984. The highest BCUT2D eigenvalue weighted by atomic mass is 31.3. The molecule has 17 nitrogen and oxygen atoms in total. The second-order valence-corrected chi connectivity index (χ2v) is 9.80. The molecule has 0 aromatic carbocycles. The van der Waals surface area contributed by atoms with Crippen molar-refractivity contribution in [2.45, 2.75) is 6.73 Å². The number of hydrogen-bond acceptors (Lipinski definition) is 12. The van der Waals surface area contributed by atoms with Gasteiger partial charge >= 0.3 is 23.5 Å². The number of ether oxygens (including phenoxy) is 2. The van der Waals surface area contributed by atoms with E-state index in [1.807, 2.05) is 0 Å². The molecule has 0 saturated heterocycles. The van der Waals surface area contributed by atoms with E-state index < -0.39 is 30.1 Å². The Labute approximate surface area is 174 Å². The number of methoxy groups -OCH3 is 1. The van der Waals surface area contributed by atoms with Crippen LogP contribution in [0.5, 0.6) is 5.88 Å². The van der Waals surface area contributed by atoms with E-state index in [9.17, 15) is 18.6 Å². The predicted octanol–water partition coefficient (Wildman–Crippen LogP) is 0.248. The maximum atomic E-state index is 11.5. The Kier molecular flexibility index (Phi) is 8.44. The molecule has 2 unspecified atom stereocenters. The number of nitrogens with two attached hydrogens (primary N) is 1. The molecule has 0 amide bonds. The molecule has 0 spiro atoms. The summed E-state index contributed by atoms with van der Waals surface area (Å²) in [5, 5.41) is 4.04. The highest BCUT2D eigenvalue weighted by molar-refractivity contribution is 7.66. The first kappa shape index (κ1) is 25.5. The Morgan fingerprint density at radius 3 is 2.42 bits per heavy atom. The van der Waals surface area contributed by atoms with Crippen molar-refractivity contribution in [3.05, 3.63) is 18.6 Å². The van der Waals surface area contributed by atoms with Crippen molar-refractivity contribution in [1.29, 1.82) is 0 Å². The largest absolute Gasteiger partial charge is 0.490 e. The van der Waals surface area contributed by atoms with Crippen LogP contribution in [-0.2, 0) is 38.3 Å². The standard InChI is InChI=1S/C11H18N5O12P3/c1-24-10-9(5-13-11(12)15-10)8-4-14-16(6-8)7-25-2-3-26-30(20,21)28-31(22,23)27-29(17,18)19/h4-6H,2-3,7H2,1H3,(H,20,21)(H,22,23)(H2,12,13,15)(H2,17,18,19). The van der Waals surface area contributed by atoms with Crippen molar-refractivity contribution in [2.75, 3.05) is 26.1 Å². The van der Waals surface area contributed by atoms with Crippen molar-refractivity contribution >= 4 is 29.4 Å². The highest BCUT2D eigenvalue weighted by Crippen LogP contribution is 2.66. The van der Waals surface area contributed by atoms with E-state index in [1.165, 1.54) is 24.2 Å². The Bertz CT molecular complexity index is 1040. The second-order valence-electron chi connectivity index (χ2n) is 5.38. The maximum Gasteiger partial charge on any atom is 0.490 e. The summed E-state index contributed by atoms with van der Waals surface area (Å²) < 4.78 is 56.4. The lowest BCUT2D eigenvalue weighted by molar-refractivity contribution is 0.0398. The van der Waals surface area contributed by atoms with E-state index >= 15 is 0 Å². The molecule has 6 N–H and O–H groups in total. The summed E-state index contributed by atoms with van der Waals surface area (Å²) >= 11 is 0. The van der Waals surface area contributed by atoms with Crippen molar-refractivity contribution in [1.82, 2.24) is 19.7 Å². The molecule has 0 aliphatic heterocycles. The van der Waals surface area contributed by atoms with Crippen molar-refractivity contribution in [3.63, 3.8) is 0 Å². The van der Waals surface area contributed by atoms with Gasteiger partial charge in [-0.2, -0.15) is 18.7 Å². The second kappa shape index (κ2) is 10.3. The zero-order valence-electron chi connectivity index (χ0n) is 15.6. The molecule has 174 valence electrons. The third kappa shape index (κ3) is 8.73. The van der Waals surface area contributed by atoms with Gasteiger partial charge in [-0.15, -0.1) is 0 Å². The molecule has 0 fully saturated rings. The monoisotopic (exact) mass is 505 g/mol. The lowest BCUT2D eigenvalue weighted by atomic mass is 10.2. The maximum absolute atomic E-state index is 11.5. The molecule has 20 heteroatoms. The first-order chi connectivity index (χ1) is 14.3. The van der Waals surface area contributed by atoms with E-state index in [1.54, 1.807) is 6.20 Å². The predicted molar refractivity (Wildman–Crippen MR) is 100.0 cm³/mol. The molecule has 2 aromatic rings. The van der Waals surface area contributed by atoms with Crippen LogP contribution in [0.3, 0.4) is 0 Å². The normalized spacial score (nSPS) is 15.9. The van der Waals surface area contributed by atoms with Crippen LogP contribution in [0, 0.1) is 0 Å². The summed E-state index contributed by atoms with van der Waals surface area (Å²) in [7, 11) is -14.8. The van der Waals surface area contributed by atoms with Gasteiger partial charge in [-0.25, -0.2) is 23.4 Å². The third-order valence-electron chi connectivity index (χ3n) is 3.03. The van der Waals surface area contributed by atoms with Crippen molar-refractivity contribution in [2.24, 2.45) is 0 Å². The SMILES string of the molecule is COc1nc(N)ncc1-c1cnn(COCCOP(=O)(O)OP(=O)(O)OP(=O)(O)O)c1. The average molecular weight is 505 g/mol. The van der Waals surface area contributed by atoms with E-state index in [-0.39, 0.29) is 25.2 Å². The van der Waals surface area contributed by atoms with Gasteiger partial charge in [0.15, 0.2) is 0 Å². The molecule has 31 heavy (non-hydrogen) atoms. The summed E-state index contributed by atoms with van der Waals surface area (Å²) in [4.78, 5) is 43.0. The molecule has 0 bridgehead atoms. The van der Waals surface area contributed by atoms with Gasteiger partial charge in [0, 0.05) is 18.0 Å². The Morgan fingerprint density at radius 2 is 1.77 bits per heavy atom. The average Bonchev–Trinajstić information content (AvgIpc) is 3.06. The molecular formula is C11H18N5O12P3. The van der Waals surface area contributed by atoms with E-state index in [4.69, 9.17) is 29.9 Å². The van der Waals surface area contributed by atoms with Crippen molar-refractivity contribution < 1.29 is 55.9 Å². The van der Waals surface area contributed by atoms with Gasteiger partial charge in [0.25, 0.3) is 0 Å². The summed E-state index contributed by atoms with van der Waals surface area (Å²) in [6.07, 6.45) is 4.50. The van der Waals surface area contributed by atoms with Crippen LogP contribution in [0.15, 0.2) is 18.6 Å². The lowest BCUT2D eigenvalue weighted by Gasteiger charge is -2.16. The molecule has 0 saturated carbocycles. The number of aromatic nitrogens is 4. The summed E-state index contributed by atoms with van der Waals surface area (Å²) in [6, 6.07) is 0. The lowest BCUT2D eigenvalue weighted by Crippen LogP contribution is -2.08. The number of anilines is 1. The number of phosphoric ester groups is 1. The number of nitrogen functional groups attached to an aromatic ring is 1. The van der Waals surface area contributed by atoms with Crippen LogP contribution in [0.1, 0.15) is 0 Å². The minimum atomic E-state index is -5.56. The molecule has 0 radical (unpaired) electrons. The summed E-state index contributed by atoms with van der Waals surface area (Å²) in [5.74, 6) is 0.274. The van der Waals surface area contributed by atoms with Gasteiger partial charge in [0.2, 0.25) is 11.8 Å². The minimum absolute atomic E-state index is 0.0346. The van der Waals surface area contributed by atoms with Gasteiger partial charge in [-0.3, -0.25) is 4.52 Å². The fraction of sp³-hybridized carbons (Fsp3) is 0.364. The smallest absolute Gasteiger partial charge is 0.480 e. The fourth-order valence-corrected chi connectivity index (χ4v) is 4.98. The molecule has 0 aliphatic carbocycles. The molecule has 0 aliphatic rings. The van der Waals surface area contributed by atoms with Crippen LogP contribution in [0.25, 0.3) is 11.1 Å². The van der Waals surface area contributed by atoms with Crippen LogP contribution in [0.4, 0.5) is 5.95 Å². The van der Waals surface area contributed by atoms with Gasteiger partial charge in [-0.05, 0) is 0 Å². The number of rotatable bonds is 12. The first-order valence-corrected chi connectivity index (χ1v) is 12.4. The van der Waals surface area contributed by atoms with Gasteiger partial charge < -0.3 is 34.8 Å². The fourth-order valence-electron chi connectivity index (χ4n) is 1.98. The molecule has 2 heterocycles. The van der Waals surface area contributed by atoms with Crippen LogP contribution >= 0.6 is 23.5 Å². The molecule has 2 atom stereocenters. The first-order valence-electron chi connectivity index (χ1n) is 7.86. The zero-order valence-corrected chi connectivity index (χ0v) is 18.3. The molecule has 2 aromatic heterocycles. The quantitative estimate of drug-likeness (QED) is 0.191. The highest BCUT2D eigenvalue weighted by Gasteiger charge is 2.40. The van der Waals surface area contributed by atoms with Gasteiger partial charge in [0.1, 0.15) is 6.73 Å². The third-order valence-corrected chi connectivity index (χ3v) is 6.87. The number of hydrogen-bond donors (Lipinski definition) is 5. The number of nitrogens with zero attached hydrogens (tertiary/aromatic N) is 4. The van der Waals surface area contributed by atoms with Crippen LogP contribution < -0.4 is 10.5 Å². The zero-order chi connectivity index (χ0) is 23.3. The summed E-state index contributed by atoms with van der Waals surface area (Å²) in [5.41, 5.74) is 6.61. The topological polar surface area (TPSA) is 248 Å². The Balaban J connectivity index is 1.82. The molecular weight excluding hydrogens is 487 g/mol.